The lowest BCUT2D eigenvalue weighted by Gasteiger charge is -2.09. The number of rotatable bonds is 2. The Labute approximate surface area is 84.0 Å². The summed E-state index contributed by atoms with van der Waals surface area (Å²) in [6, 6.07) is 0.494. The van der Waals surface area contributed by atoms with Crippen LogP contribution in [-0.4, -0.2) is 30.6 Å². The molecule has 3 unspecified atom stereocenters. The van der Waals surface area contributed by atoms with Gasteiger partial charge in [0.05, 0.1) is 6.04 Å². The van der Waals surface area contributed by atoms with Gasteiger partial charge in [-0.05, 0) is 25.8 Å². The second-order valence-corrected chi connectivity index (χ2v) is 3.66. The highest BCUT2D eigenvalue weighted by Gasteiger charge is 2.36. The molecule has 0 aromatic rings. The Hall–Kier alpha value is -0.320. The average molecular weight is 206 g/mol. The number of carbonyl (C=O) groups is 1. The first kappa shape index (κ1) is 10.8. The summed E-state index contributed by atoms with van der Waals surface area (Å²) in [6.07, 6.45) is 3.01. The third-order valence-electron chi connectivity index (χ3n) is 2.54. The van der Waals surface area contributed by atoms with Crippen molar-refractivity contribution in [2.24, 2.45) is 5.73 Å². The molecule has 1 saturated carbocycles. The summed E-state index contributed by atoms with van der Waals surface area (Å²) in [7, 11) is 0. The van der Waals surface area contributed by atoms with E-state index in [1.165, 1.54) is 0 Å². The SMILES string of the molecule is Cl.NC1CC1NC(=O)C1CCCN1. The molecule has 1 aliphatic heterocycles. The first-order valence-corrected chi connectivity index (χ1v) is 4.57. The van der Waals surface area contributed by atoms with Crippen molar-refractivity contribution in [3.8, 4) is 0 Å². The Balaban J connectivity index is 0.000000845. The van der Waals surface area contributed by atoms with Gasteiger partial charge in [0.1, 0.15) is 0 Å². The Morgan fingerprint density at radius 2 is 2.23 bits per heavy atom. The van der Waals surface area contributed by atoms with Crippen molar-refractivity contribution in [1.29, 1.82) is 0 Å². The molecule has 3 atom stereocenters. The van der Waals surface area contributed by atoms with Gasteiger partial charge >= 0.3 is 0 Å². The van der Waals surface area contributed by atoms with Gasteiger partial charge in [-0.3, -0.25) is 4.79 Å². The van der Waals surface area contributed by atoms with Crippen LogP contribution in [0.2, 0.25) is 0 Å². The lowest BCUT2D eigenvalue weighted by Crippen LogP contribution is -2.42. The molecule has 0 bridgehead atoms. The molecule has 0 spiro atoms. The molecule has 1 amide bonds. The molecule has 2 rings (SSSR count). The summed E-state index contributed by atoms with van der Waals surface area (Å²) in [6.45, 7) is 0.967. The van der Waals surface area contributed by atoms with Crippen molar-refractivity contribution < 1.29 is 4.79 Å². The van der Waals surface area contributed by atoms with Gasteiger partial charge in [0, 0.05) is 12.1 Å². The number of nitrogens with two attached hydrogens (primary N) is 1. The monoisotopic (exact) mass is 205 g/mol. The van der Waals surface area contributed by atoms with Gasteiger partial charge in [0.2, 0.25) is 5.91 Å². The van der Waals surface area contributed by atoms with Crippen LogP contribution in [0.5, 0.6) is 0 Å². The Bertz CT molecular complexity index is 194. The van der Waals surface area contributed by atoms with Gasteiger partial charge in [0.25, 0.3) is 0 Å². The van der Waals surface area contributed by atoms with E-state index >= 15 is 0 Å². The fraction of sp³-hybridized carbons (Fsp3) is 0.875. The normalized spacial score (nSPS) is 36.5. The molecule has 5 heteroatoms. The van der Waals surface area contributed by atoms with Crippen LogP contribution in [0.3, 0.4) is 0 Å². The van der Waals surface area contributed by atoms with Crippen LogP contribution in [0, 0.1) is 0 Å². The van der Waals surface area contributed by atoms with E-state index in [0.717, 1.165) is 25.8 Å². The Morgan fingerprint density at radius 1 is 1.54 bits per heavy atom. The summed E-state index contributed by atoms with van der Waals surface area (Å²) in [4.78, 5) is 11.4. The van der Waals surface area contributed by atoms with Crippen LogP contribution < -0.4 is 16.4 Å². The van der Waals surface area contributed by atoms with Crippen molar-refractivity contribution >= 4 is 18.3 Å². The molecule has 1 heterocycles. The zero-order chi connectivity index (χ0) is 8.55. The van der Waals surface area contributed by atoms with Crippen LogP contribution in [0.4, 0.5) is 0 Å². The van der Waals surface area contributed by atoms with E-state index in [-0.39, 0.29) is 36.4 Å². The zero-order valence-electron chi connectivity index (χ0n) is 7.45. The lowest BCUT2D eigenvalue weighted by atomic mass is 10.2. The van der Waals surface area contributed by atoms with Crippen LogP contribution in [0.1, 0.15) is 19.3 Å². The topological polar surface area (TPSA) is 67.1 Å². The van der Waals surface area contributed by atoms with Crippen molar-refractivity contribution in [3.63, 3.8) is 0 Å². The fourth-order valence-electron chi connectivity index (χ4n) is 1.57. The number of halogens is 1. The number of carbonyl (C=O) groups excluding carboxylic acids is 1. The highest BCUT2D eigenvalue weighted by atomic mass is 35.5. The Kier molecular flexibility index (Phi) is 3.53. The van der Waals surface area contributed by atoms with Gasteiger partial charge in [-0.2, -0.15) is 0 Å². The van der Waals surface area contributed by atoms with Crippen molar-refractivity contribution in [2.75, 3.05) is 6.54 Å². The van der Waals surface area contributed by atoms with Crippen LogP contribution in [0.15, 0.2) is 0 Å². The minimum Gasteiger partial charge on any atom is -0.350 e. The van der Waals surface area contributed by atoms with E-state index in [0.29, 0.717) is 0 Å². The molecule has 13 heavy (non-hydrogen) atoms. The highest BCUT2D eigenvalue weighted by molar-refractivity contribution is 5.85. The first-order valence-electron chi connectivity index (χ1n) is 4.57. The molecular formula is C8H16ClN3O. The van der Waals surface area contributed by atoms with E-state index in [4.69, 9.17) is 5.73 Å². The van der Waals surface area contributed by atoms with Crippen LogP contribution in [0.25, 0.3) is 0 Å². The average Bonchev–Trinajstić information content (AvgIpc) is 2.58. The molecule has 0 radical (unpaired) electrons. The molecule has 4 N–H and O–H groups in total. The van der Waals surface area contributed by atoms with Gasteiger partial charge < -0.3 is 16.4 Å². The van der Waals surface area contributed by atoms with Crippen molar-refractivity contribution in [1.82, 2.24) is 10.6 Å². The molecule has 1 aliphatic carbocycles. The van der Waals surface area contributed by atoms with Crippen LogP contribution in [-0.2, 0) is 4.79 Å². The summed E-state index contributed by atoms with van der Waals surface area (Å²) in [5.41, 5.74) is 5.58. The number of amides is 1. The van der Waals surface area contributed by atoms with Gasteiger partial charge in [0.15, 0.2) is 0 Å². The second kappa shape index (κ2) is 4.26. The van der Waals surface area contributed by atoms with E-state index in [1.54, 1.807) is 0 Å². The van der Waals surface area contributed by atoms with Gasteiger partial charge in [-0.25, -0.2) is 0 Å². The van der Waals surface area contributed by atoms with Gasteiger partial charge in [-0.15, -0.1) is 12.4 Å². The molecule has 2 fully saturated rings. The maximum absolute atomic E-state index is 11.4. The molecule has 1 saturated heterocycles. The molecule has 0 aromatic carbocycles. The molecule has 76 valence electrons. The smallest absolute Gasteiger partial charge is 0.237 e. The van der Waals surface area contributed by atoms with Crippen molar-refractivity contribution in [2.45, 2.75) is 37.4 Å². The third-order valence-corrected chi connectivity index (χ3v) is 2.54. The first-order chi connectivity index (χ1) is 5.77. The minimum absolute atomic E-state index is 0. The number of hydrogen-bond donors (Lipinski definition) is 3. The quantitative estimate of drug-likeness (QED) is 0.563. The fourth-order valence-corrected chi connectivity index (χ4v) is 1.57. The Morgan fingerprint density at radius 3 is 2.69 bits per heavy atom. The van der Waals surface area contributed by atoms with E-state index < -0.39 is 0 Å². The predicted molar refractivity (Wildman–Crippen MR) is 52.8 cm³/mol. The van der Waals surface area contributed by atoms with Gasteiger partial charge in [-0.1, -0.05) is 0 Å². The lowest BCUT2D eigenvalue weighted by molar-refractivity contribution is -0.122. The molecule has 0 aromatic heterocycles. The molecule has 4 nitrogen and oxygen atoms in total. The largest absolute Gasteiger partial charge is 0.350 e. The van der Waals surface area contributed by atoms with Crippen LogP contribution >= 0.6 is 12.4 Å². The zero-order valence-corrected chi connectivity index (χ0v) is 8.27. The standard InChI is InChI=1S/C8H15N3O.ClH/c9-5-4-7(5)11-8(12)6-2-1-3-10-6;/h5-7,10H,1-4,9H2,(H,11,12);1H. The molecule has 2 aliphatic rings. The third kappa shape index (κ3) is 2.56. The predicted octanol–water partition coefficient (Wildman–Crippen LogP) is -0.624. The van der Waals surface area contributed by atoms with E-state index in [2.05, 4.69) is 10.6 Å². The summed E-state index contributed by atoms with van der Waals surface area (Å²) < 4.78 is 0. The summed E-state index contributed by atoms with van der Waals surface area (Å²) >= 11 is 0. The number of hydrogen-bond acceptors (Lipinski definition) is 3. The van der Waals surface area contributed by atoms with E-state index in [9.17, 15) is 4.79 Å². The summed E-state index contributed by atoms with van der Waals surface area (Å²) in [5.74, 6) is 0.130. The highest BCUT2D eigenvalue weighted by Crippen LogP contribution is 2.18. The minimum atomic E-state index is 0. The second-order valence-electron chi connectivity index (χ2n) is 3.66. The maximum Gasteiger partial charge on any atom is 0.237 e. The molecular weight excluding hydrogens is 190 g/mol. The summed E-state index contributed by atoms with van der Waals surface area (Å²) in [5, 5.41) is 6.07. The number of nitrogens with one attached hydrogen (secondary N) is 2. The van der Waals surface area contributed by atoms with Crippen molar-refractivity contribution in [3.05, 3.63) is 0 Å². The maximum atomic E-state index is 11.4. The van der Waals surface area contributed by atoms with E-state index in [1.807, 2.05) is 0 Å².